The third-order valence-corrected chi connectivity index (χ3v) is 5.67. The van der Waals surface area contributed by atoms with Crippen molar-refractivity contribution in [2.24, 2.45) is 0 Å². The molecule has 1 saturated carbocycles. The lowest BCUT2D eigenvalue weighted by Crippen LogP contribution is -2.17. The van der Waals surface area contributed by atoms with Gasteiger partial charge >= 0.3 is 0 Å². The van der Waals surface area contributed by atoms with Crippen LogP contribution in [0.2, 0.25) is 0 Å². The highest BCUT2D eigenvalue weighted by atomic mass is 32.2. The number of aryl methyl sites for hydroxylation is 1. The Bertz CT molecular complexity index is 723. The minimum Gasteiger partial charge on any atom is -0.310 e. The van der Waals surface area contributed by atoms with E-state index in [0.29, 0.717) is 22.6 Å². The first-order valence-corrected chi connectivity index (χ1v) is 9.16. The molecule has 1 aliphatic rings. The number of anilines is 1. The Balaban J connectivity index is 1.83. The minimum atomic E-state index is -3.59. The number of hydrogen-bond donors (Lipinski definition) is 2. The van der Waals surface area contributed by atoms with Crippen LogP contribution in [0.25, 0.3) is 0 Å². The molecule has 0 bridgehead atoms. The fourth-order valence-corrected chi connectivity index (χ4v) is 4.12. The van der Waals surface area contributed by atoms with Crippen molar-refractivity contribution < 1.29 is 8.42 Å². The Morgan fingerprint density at radius 3 is 2.86 bits per heavy atom. The van der Waals surface area contributed by atoms with E-state index >= 15 is 0 Å². The maximum absolute atomic E-state index is 12.5. The van der Waals surface area contributed by atoms with E-state index < -0.39 is 10.0 Å². The van der Waals surface area contributed by atoms with Gasteiger partial charge < -0.3 is 5.32 Å². The maximum Gasteiger partial charge on any atom is 0.263 e. The first-order chi connectivity index (χ1) is 10.0. The molecule has 2 N–H and O–H groups in total. The largest absolute Gasteiger partial charge is 0.310 e. The molecule has 2 aromatic rings. The predicted octanol–water partition coefficient (Wildman–Crippen LogP) is 2.50. The SMILES string of the molecule is Cc1ccc(CNC2CC2)cc1S(=O)(=O)Nc1nccs1. The summed E-state index contributed by atoms with van der Waals surface area (Å²) in [5.74, 6) is 0. The van der Waals surface area contributed by atoms with Gasteiger partial charge in [-0.2, -0.15) is 0 Å². The molecule has 21 heavy (non-hydrogen) atoms. The molecule has 1 fully saturated rings. The second-order valence-electron chi connectivity index (χ2n) is 5.20. The van der Waals surface area contributed by atoms with E-state index in [9.17, 15) is 8.42 Å². The lowest BCUT2D eigenvalue weighted by atomic mass is 10.1. The lowest BCUT2D eigenvalue weighted by molar-refractivity contribution is 0.600. The fourth-order valence-electron chi connectivity index (χ4n) is 2.04. The summed E-state index contributed by atoms with van der Waals surface area (Å²) in [6.07, 6.45) is 4.00. The number of thiazole rings is 1. The van der Waals surface area contributed by atoms with Crippen LogP contribution in [-0.2, 0) is 16.6 Å². The third kappa shape index (κ3) is 3.61. The van der Waals surface area contributed by atoms with Gasteiger partial charge in [-0.3, -0.25) is 4.72 Å². The van der Waals surface area contributed by atoms with Crippen molar-refractivity contribution in [2.45, 2.75) is 37.2 Å². The van der Waals surface area contributed by atoms with Crippen LogP contribution in [0.4, 0.5) is 5.13 Å². The van der Waals surface area contributed by atoms with Crippen LogP contribution in [0.15, 0.2) is 34.7 Å². The molecule has 112 valence electrons. The van der Waals surface area contributed by atoms with Gasteiger partial charge in [-0.1, -0.05) is 12.1 Å². The van der Waals surface area contributed by atoms with Crippen LogP contribution in [0.3, 0.4) is 0 Å². The summed E-state index contributed by atoms with van der Waals surface area (Å²) in [6, 6.07) is 6.15. The Labute approximate surface area is 128 Å². The summed E-state index contributed by atoms with van der Waals surface area (Å²) >= 11 is 1.26. The Morgan fingerprint density at radius 2 is 2.19 bits per heavy atom. The standard InChI is InChI=1S/C14H17N3O2S2/c1-10-2-3-11(9-16-12-4-5-12)8-13(10)21(18,19)17-14-15-6-7-20-14/h2-3,6-8,12,16H,4-5,9H2,1H3,(H,15,17). The Hall–Kier alpha value is -1.44. The molecule has 1 aromatic heterocycles. The second-order valence-corrected chi connectivity index (χ2v) is 7.74. The van der Waals surface area contributed by atoms with E-state index in [2.05, 4.69) is 15.0 Å². The van der Waals surface area contributed by atoms with Crippen molar-refractivity contribution in [1.82, 2.24) is 10.3 Å². The van der Waals surface area contributed by atoms with Crippen LogP contribution in [0, 0.1) is 6.92 Å². The first-order valence-electron chi connectivity index (χ1n) is 6.80. The number of benzene rings is 1. The van der Waals surface area contributed by atoms with E-state index in [0.717, 1.165) is 11.1 Å². The molecular formula is C14H17N3O2S2. The molecule has 3 rings (SSSR count). The lowest BCUT2D eigenvalue weighted by Gasteiger charge is -2.11. The van der Waals surface area contributed by atoms with Gasteiger partial charge in [-0.25, -0.2) is 13.4 Å². The van der Waals surface area contributed by atoms with Gasteiger partial charge in [0.1, 0.15) is 0 Å². The van der Waals surface area contributed by atoms with E-state index in [1.54, 1.807) is 24.6 Å². The quantitative estimate of drug-likeness (QED) is 0.857. The number of sulfonamides is 1. The Morgan fingerprint density at radius 1 is 1.38 bits per heavy atom. The molecule has 1 aromatic carbocycles. The smallest absolute Gasteiger partial charge is 0.263 e. The number of nitrogens with zero attached hydrogens (tertiary/aromatic N) is 1. The van der Waals surface area contributed by atoms with E-state index in [4.69, 9.17) is 0 Å². The summed E-state index contributed by atoms with van der Waals surface area (Å²) in [4.78, 5) is 4.28. The Kier molecular flexibility index (Phi) is 3.97. The van der Waals surface area contributed by atoms with Crippen LogP contribution in [-0.4, -0.2) is 19.4 Å². The zero-order valence-corrected chi connectivity index (χ0v) is 13.3. The highest BCUT2D eigenvalue weighted by molar-refractivity contribution is 7.93. The van der Waals surface area contributed by atoms with Crippen molar-refractivity contribution >= 4 is 26.5 Å². The molecule has 0 unspecified atom stereocenters. The van der Waals surface area contributed by atoms with Crippen molar-refractivity contribution in [1.29, 1.82) is 0 Å². The van der Waals surface area contributed by atoms with Gasteiger partial charge in [-0.15, -0.1) is 11.3 Å². The van der Waals surface area contributed by atoms with Gasteiger partial charge in [0.05, 0.1) is 4.90 Å². The number of hydrogen-bond acceptors (Lipinski definition) is 5. The summed E-state index contributed by atoms with van der Waals surface area (Å²) in [5.41, 5.74) is 1.71. The summed E-state index contributed by atoms with van der Waals surface area (Å²) < 4.78 is 27.4. The zero-order chi connectivity index (χ0) is 14.9. The van der Waals surface area contributed by atoms with Crippen LogP contribution < -0.4 is 10.0 Å². The topological polar surface area (TPSA) is 71.1 Å². The van der Waals surface area contributed by atoms with Gasteiger partial charge in [0.15, 0.2) is 5.13 Å². The average molecular weight is 323 g/mol. The number of rotatable bonds is 6. The summed E-state index contributed by atoms with van der Waals surface area (Å²) in [5, 5.41) is 5.51. The molecular weight excluding hydrogens is 306 g/mol. The average Bonchev–Trinajstić information content (AvgIpc) is 3.14. The highest BCUT2D eigenvalue weighted by Crippen LogP contribution is 2.23. The molecule has 0 spiro atoms. The number of aromatic nitrogens is 1. The van der Waals surface area contributed by atoms with E-state index in [-0.39, 0.29) is 0 Å². The minimum absolute atomic E-state index is 0.313. The van der Waals surface area contributed by atoms with Gasteiger partial charge in [-0.05, 0) is 37.0 Å². The van der Waals surface area contributed by atoms with Gasteiger partial charge in [0.25, 0.3) is 10.0 Å². The fraction of sp³-hybridized carbons (Fsp3) is 0.357. The van der Waals surface area contributed by atoms with Gasteiger partial charge in [0, 0.05) is 24.2 Å². The molecule has 1 aliphatic carbocycles. The molecule has 7 heteroatoms. The van der Waals surface area contributed by atoms with Crippen molar-refractivity contribution in [3.63, 3.8) is 0 Å². The van der Waals surface area contributed by atoms with Crippen LogP contribution in [0.1, 0.15) is 24.0 Å². The highest BCUT2D eigenvalue weighted by Gasteiger charge is 2.21. The molecule has 5 nitrogen and oxygen atoms in total. The zero-order valence-electron chi connectivity index (χ0n) is 11.7. The number of nitrogens with one attached hydrogen (secondary N) is 2. The van der Waals surface area contributed by atoms with Crippen molar-refractivity contribution in [3.8, 4) is 0 Å². The molecule has 0 saturated heterocycles. The molecule has 1 heterocycles. The third-order valence-electron chi connectivity index (χ3n) is 3.37. The molecule has 0 radical (unpaired) electrons. The van der Waals surface area contributed by atoms with E-state index in [1.165, 1.54) is 24.2 Å². The van der Waals surface area contributed by atoms with Crippen LogP contribution in [0.5, 0.6) is 0 Å². The van der Waals surface area contributed by atoms with E-state index in [1.807, 2.05) is 12.1 Å². The second kappa shape index (κ2) is 5.75. The first kappa shape index (κ1) is 14.5. The summed E-state index contributed by atoms with van der Waals surface area (Å²) in [6.45, 7) is 2.50. The molecule has 0 atom stereocenters. The van der Waals surface area contributed by atoms with Crippen molar-refractivity contribution in [3.05, 3.63) is 40.9 Å². The van der Waals surface area contributed by atoms with Gasteiger partial charge in [0.2, 0.25) is 0 Å². The monoisotopic (exact) mass is 323 g/mol. The predicted molar refractivity (Wildman–Crippen MR) is 84.0 cm³/mol. The van der Waals surface area contributed by atoms with Crippen LogP contribution >= 0.6 is 11.3 Å². The normalized spacial score (nSPS) is 15.1. The summed E-state index contributed by atoms with van der Waals surface area (Å²) in [7, 11) is -3.59. The van der Waals surface area contributed by atoms with Crippen molar-refractivity contribution in [2.75, 3.05) is 4.72 Å². The molecule has 0 amide bonds. The molecule has 0 aliphatic heterocycles. The maximum atomic E-state index is 12.5.